The van der Waals surface area contributed by atoms with Gasteiger partial charge in [0.2, 0.25) is 5.75 Å². The van der Waals surface area contributed by atoms with Crippen LogP contribution in [0.4, 0.5) is 0 Å². The lowest BCUT2D eigenvalue weighted by atomic mass is 10.1. The standard InChI is InChI=1S/C15H22O5/c1-5-18-13-8-11(12(16)10-17-4)9-14(19-6-2)15(13)20-7-3/h8-9H,5-7,10H2,1-4H3. The highest BCUT2D eigenvalue weighted by molar-refractivity contribution is 5.98. The Balaban J connectivity index is 3.25. The second-order valence-corrected chi connectivity index (χ2v) is 3.96. The van der Waals surface area contributed by atoms with Gasteiger partial charge in [0.25, 0.3) is 0 Å². The number of carbonyl (C=O) groups excluding carboxylic acids is 1. The maximum absolute atomic E-state index is 11.9. The molecule has 0 unspecified atom stereocenters. The van der Waals surface area contributed by atoms with Crippen molar-refractivity contribution in [2.75, 3.05) is 33.5 Å². The second kappa shape index (κ2) is 8.43. The summed E-state index contributed by atoms with van der Waals surface area (Å²) in [6, 6.07) is 3.33. The molecule has 1 rings (SSSR count). The van der Waals surface area contributed by atoms with Crippen LogP contribution in [0, 0.1) is 0 Å². The molecule has 0 N–H and O–H groups in total. The van der Waals surface area contributed by atoms with Gasteiger partial charge in [-0.05, 0) is 32.9 Å². The van der Waals surface area contributed by atoms with Gasteiger partial charge in [-0.2, -0.15) is 0 Å². The van der Waals surface area contributed by atoms with E-state index in [4.69, 9.17) is 18.9 Å². The van der Waals surface area contributed by atoms with Crippen LogP contribution in [0.1, 0.15) is 31.1 Å². The van der Waals surface area contributed by atoms with Crippen molar-refractivity contribution in [3.63, 3.8) is 0 Å². The molecule has 0 radical (unpaired) electrons. The van der Waals surface area contributed by atoms with Crippen molar-refractivity contribution in [1.29, 1.82) is 0 Å². The molecule has 0 saturated heterocycles. The molecule has 112 valence electrons. The molecule has 1 aromatic rings. The number of methoxy groups -OCH3 is 1. The monoisotopic (exact) mass is 282 g/mol. The fourth-order valence-corrected chi connectivity index (χ4v) is 1.76. The van der Waals surface area contributed by atoms with Crippen LogP contribution in [0.2, 0.25) is 0 Å². The first kappa shape index (κ1) is 16.3. The van der Waals surface area contributed by atoms with E-state index in [9.17, 15) is 4.79 Å². The number of hydrogen-bond donors (Lipinski definition) is 0. The van der Waals surface area contributed by atoms with Gasteiger partial charge in [-0.1, -0.05) is 0 Å². The van der Waals surface area contributed by atoms with Crippen LogP contribution in [-0.2, 0) is 4.74 Å². The average molecular weight is 282 g/mol. The Hall–Kier alpha value is -1.75. The first-order valence-electron chi connectivity index (χ1n) is 6.76. The zero-order valence-corrected chi connectivity index (χ0v) is 12.5. The summed E-state index contributed by atoms with van der Waals surface area (Å²) >= 11 is 0. The van der Waals surface area contributed by atoms with E-state index in [2.05, 4.69) is 0 Å². The highest BCUT2D eigenvalue weighted by atomic mass is 16.5. The third-order valence-electron chi connectivity index (χ3n) is 2.51. The highest BCUT2D eigenvalue weighted by Crippen LogP contribution is 2.39. The predicted molar refractivity (Wildman–Crippen MR) is 76.2 cm³/mol. The third kappa shape index (κ3) is 4.13. The van der Waals surface area contributed by atoms with Crippen molar-refractivity contribution in [3.05, 3.63) is 17.7 Å². The minimum atomic E-state index is -0.127. The highest BCUT2D eigenvalue weighted by Gasteiger charge is 2.18. The lowest BCUT2D eigenvalue weighted by Gasteiger charge is -2.16. The number of carbonyl (C=O) groups is 1. The Morgan fingerprint density at radius 2 is 1.45 bits per heavy atom. The summed E-state index contributed by atoms with van der Waals surface area (Å²) in [7, 11) is 1.49. The topological polar surface area (TPSA) is 54.0 Å². The maximum Gasteiger partial charge on any atom is 0.203 e. The van der Waals surface area contributed by atoms with Gasteiger partial charge in [-0.15, -0.1) is 0 Å². The molecule has 20 heavy (non-hydrogen) atoms. The first-order chi connectivity index (χ1) is 9.67. The molecule has 0 aliphatic carbocycles. The Labute approximate surface area is 119 Å². The quantitative estimate of drug-likeness (QED) is 0.652. The second-order valence-electron chi connectivity index (χ2n) is 3.96. The van der Waals surface area contributed by atoms with Gasteiger partial charge in [0.15, 0.2) is 17.3 Å². The smallest absolute Gasteiger partial charge is 0.203 e. The first-order valence-corrected chi connectivity index (χ1v) is 6.76. The zero-order valence-electron chi connectivity index (χ0n) is 12.5. The Morgan fingerprint density at radius 3 is 1.85 bits per heavy atom. The van der Waals surface area contributed by atoms with Gasteiger partial charge in [0.05, 0.1) is 19.8 Å². The van der Waals surface area contributed by atoms with E-state index in [0.717, 1.165) is 0 Å². The Kier molecular flexibility index (Phi) is 6.87. The van der Waals surface area contributed by atoms with E-state index in [1.54, 1.807) is 12.1 Å². The number of ether oxygens (including phenoxy) is 4. The van der Waals surface area contributed by atoms with Gasteiger partial charge in [-0.25, -0.2) is 0 Å². The van der Waals surface area contributed by atoms with Crippen LogP contribution in [0.15, 0.2) is 12.1 Å². The average Bonchev–Trinajstić information content (AvgIpc) is 2.43. The summed E-state index contributed by atoms with van der Waals surface area (Å²) in [5.41, 5.74) is 0.488. The molecule has 1 aromatic carbocycles. The van der Waals surface area contributed by atoms with Crippen LogP contribution >= 0.6 is 0 Å². The summed E-state index contributed by atoms with van der Waals surface area (Å²) in [5, 5.41) is 0. The number of ketones is 1. The Bertz CT molecular complexity index is 415. The molecule has 0 spiro atoms. The van der Waals surface area contributed by atoms with E-state index in [1.165, 1.54) is 7.11 Å². The lowest BCUT2D eigenvalue weighted by Crippen LogP contribution is -2.09. The van der Waals surface area contributed by atoms with Crippen molar-refractivity contribution >= 4 is 5.78 Å². The predicted octanol–water partition coefficient (Wildman–Crippen LogP) is 2.71. The van der Waals surface area contributed by atoms with E-state index >= 15 is 0 Å². The van der Waals surface area contributed by atoms with Crippen molar-refractivity contribution in [1.82, 2.24) is 0 Å². The zero-order chi connectivity index (χ0) is 15.0. The van der Waals surface area contributed by atoms with E-state index < -0.39 is 0 Å². The molecule has 5 nitrogen and oxygen atoms in total. The minimum Gasteiger partial charge on any atom is -0.490 e. The van der Waals surface area contributed by atoms with Gasteiger partial charge in [0.1, 0.15) is 6.61 Å². The number of benzene rings is 1. The number of Topliss-reactive ketones (excluding diaryl/α,β-unsaturated/α-hetero) is 1. The fourth-order valence-electron chi connectivity index (χ4n) is 1.76. The van der Waals surface area contributed by atoms with E-state index in [1.807, 2.05) is 20.8 Å². The Morgan fingerprint density at radius 1 is 0.950 bits per heavy atom. The van der Waals surface area contributed by atoms with E-state index in [-0.39, 0.29) is 12.4 Å². The molecule has 0 bridgehead atoms. The van der Waals surface area contributed by atoms with Crippen LogP contribution in [0.5, 0.6) is 17.2 Å². The molecule has 0 heterocycles. The number of hydrogen-bond acceptors (Lipinski definition) is 5. The molecule has 0 fully saturated rings. The molecule has 0 atom stereocenters. The van der Waals surface area contributed by atoms with Gasteiger partial charge >= 0.3 is 0 Å². The summed E-state index contributed by atoms with van der Waals surface area (Å²) in [4.78, 5) is 11.9. The van der Waals surface area contributed by atoms with Gasteiger partial charge < -0.3 is 18.9 Å². The molecule has 0 aliphatic rings. The maximum atomic E-state index is 11.9. The molecule has 0 saturated carbocycles. The van der Waals surface area contributed by atoms with Crippen molar-refractivity contribution in [2.45, 2.75) is 20.8 Å². The van der Waals surface area contributed by atoms with Crippen molar-refractivity contribution < 1.29 is 23.7 Å². The summed E-state index contributed by atoms with van der Waals surface area (Å²) in [5.74, 6) is 1.43. The van der Waals surface area contributed by atoms with Crippen LogP contribution in [0.25, 0.3) is 0 Å². The van der Waals surface area contributed by atoms with Crippen molar-refractivity contribution in [2.24, 2.45) is 0 Å². The van der Waals surface area contributed by atoms with E-state index in [0.29, 0.717) is 42.6 Å². The summed E-state index contributed by atoms with van der Waals surface area (Å²) < 4.78 is 21.5. The SMILES string of the molecule is CCOc1cc(C(=O)COC)cc(OCC)c1OCC. The van der Waals surface area contributed by atoms with Crippen LogP contribution < -0.4 is 14.2 Å². The molecular weight excluding hydrogens is 260 g/mol. The molecule has 5 heteroatoms. The fraction of sp³-hybridized carbons (Fsp3) is 0.533. The van der Waals surface area contributed by atoms with Gasteiger partial charge in [-0.3, -0.25) is 4.79 Å². The minimum absolute atomic E-state index is 0.0190. The molecule has 0 aliphatic heterocycles. The number of rotatable bonds is 9. The van der Waals surface area contributed by atoms with Crippen LogP contribution in [0.3, 0.4) is 0 Å². The molecule has 0 aromatic heterocycles. The van der Waals surface area contributed by atoms with Crippen LogP contribution in [-0.4, -0.2) is 39.3 Å². The molecule has 0 amide bonds. The summed E-state index contributed by atoms with van der Waals surface area (Å²) in [6.45, 7) is 7.10. The van der Waals surface area contributed by atoms with Gasteiger partial charge in [0, 0.05) is 12.7 Å². The lowest BCUT2D eigenvalue weighted by molar-refractivity contribution is 0.0847. The molecular formula is C15H22O5. The summed E-state index contributed by atoms with van der Waals surface area (Å²) in [6.07, 6.45) is 0. The normalized spacial score (nSPS) is 10.2. The van der Waals surface area contributed by atoms with Crippen molar-refractivity contribution in [3.8, 4) is 17.2 Å². The third-order valence-corrected chi connectivity index (χ3v) is 2.51. The largest absolute Gasteiger partial charge is 0.490 e.